The van der Waals surface area contributed by atoms with Gasteiger partial charge in [0, 0.05) is 31.9 Å². The number of carbonyl (C=O) groups excluding carboxylic acids is 3. The van der Waals surface area contributed by atoms with Gasteiger partial charge in [-0.15, -0.1) is 0 Å². The minimum Gasteiger partial charge on any atom is -0.353 e. The zero-order valence-electron chi connectivity index (χ0n) is 24.1. The molecule has 1 aromatic heterocycles. The first kappa shape index (κ1) is 34.0. The van der Waals surface area contributed by atoms with Crippen molar-refractivity contribution in [2.45, 2.75) is 71.3 Å². The molecule has 1 aromatic rings. The molecule has 7 heteroatoms. The minimum atomic E-state index is -0.646. The van der Waals surface area contributed by atoms with Crippen LogP contribution in [0.3, 0.4) is 0 Å². The van der Waals surface area contributed by atoms with E-state index in [2.05, 4.69) is 88.6 Å². The molecule has 0 unspecified atom stereocenters. The van der Waals surface area contributed by atoms with Gasteiger partial charge in [-0.25, -0.2) is 0 Å². The molecule has 0 aliphatic heterocycles. The number of nitrogens with one attached hydrogen (secondary N) is 3. The van der Waals surface area contributed by atoms with Gasteiger partial charge in [-0.2, -0.15) is 0 Å². The Morgan fingerprint density at radius 1 is 0.775 bits per heavy atom. The van der Waals surface area contributed by atoms with E-state index in [1.54, 1.807) is 25.3 Å². The molecule has 1 atom stereocenters. The lowest BCUT2D eigenvalue weighted by Crippen LogP contribution is -2.46. The van der Waals surface area contributed by atoms with Gasteiger partial charge in [0.25, 0.3) is 5.91 Å². The fourth-order valence-corrected chi connectivity index (χ4v) is 3.35. The Balaban J connectivity index is 2.04. The molecular formula is C33H46N4O3. The normalized spacial score (nSPS) is 12.8. The highest BCUT2D eigenvalue weighted by molar-refractivity contribution is 5.93. The summed E-state index contributed by atoms with van der Waals surface area (Å²) in [5.41, 5.74) is 0.460. The molecule has 3 N–H and O–H groups in total. The first-order valence-corrected chi connectivity index (χ1v) is 14.2. The van der Waals surface area contributed by atoms with Gasteiger partial charge < -0.3 is 16.0 Å². The number of allylic oxidation sites excluding steroid dienone is 12. The second-order valence-corrected chi connectivity index (χ2v) is 9.03. The zero-order chi connectivity index (χ0) is 29.1. The zero-order valence-corrected chi connectivity index (χ0v) is 24.1. The van der Waals surface area contributed by atoms with Crippen molar-refractivity contribution in [2.75, 3.05) is 13.1 Å². The van der Waals surface area contributed by atoms with E-state index in [1.807, 2.05) is 12.2 Å². The monoisotopic (exact) mass is 546 g/mol. The quantitative estimate of drug-likeness (QED) is 0.140. The highest BCUT2D eigenvalue weighted by atomic mass is 16.2. The van der Waals surface area contributed by atoms with Crippen LogP contribution in [0.1, 0.15) is 75.6 Å². The summed E-state index contributed by atoms with van der Waals surface area (Å²) in [6.07, 6.45) is 35.5. The van der Waals surface area contributed by atoms with Crippen LogP contribution in [0.4, 0.5) is 0 Å². The van der Waals surface area contributed by atoms with Crippen LogP contribution in [-0.2, 0) is 9.59 Å². The first-order chi connectivity index (χ1) is 19.5. The van der Waals surface area contributed by atoms with Crippen molar-refractivity contribution in [1.82, 2.24) is 20.9 Å². The Hall–Kier alpha value is -4.00. The molecule has 0 aliphatic carbocycles. The van der Waals surface area contributed by atoms with E-state index in [0.29, 0.717) is 18.4 Å². The molecule has 0 saturated heterocycles. The topological polar surface area (TPSA) is 100 Å². The molecule has 40 heavy (non-hydrogen) atoms. The number of hydrogen-bond donors (Lipinski definition) is 3. The standard InChI is InChI=1S/C33H46N4O3/c1-3-4-5-6-7-8-9-10-11-12-13-14-15-16-17-18-19-20-21-24-31(38)37-29(2)32(39)35-26-27-36-33(40)30-23-22-25-34-28-30/h4-5,7-8,10-11,13-14,16-17,19-20,22-23,25,28-29H,3,6,9,12,15,18,21,24,26-27H2,1-2H3,(H,35,39)(H,36,40)(H,37,38)/b5-4-,8-7-,11-10-,14-13-,17-16-,20-19-/t29-/m0/s1. The number of carbonyl (C=O) groups is 3. The van der Waals surface area contributed by atoms with Crippen molar-refractivity contribution in [2.24, 2.45) is 0 Å². The number of nitrogens with zero attached hydrogens (tertiary/aromatic N) is 1. The molecule has 0 spiro atoms. The van der Waals surface area contributed by atoms with Gasteiger partial charge in [0.2, 0.25) is 11.8 Å². The maximum Gasteiger partial charge on any atom is 0.252 e. The average Bonchev–Trinajstić information content (AvgIpc) is 2.96. The molecule has 0 saturated carbocycles. The number of amides is 3. The molecule has 0 fully saturated rings. The molecule has 3 amide bonds. The summed E-state index contributed by atoms with van der Waals surface area (Å²) >= 11 is 0. The Labute approximate surface area is 240 Å². The Kier molecular flexibility index (Phi) is 20.5. The van der Waals surface area contributed by atoms with Crippen molar-refractivity contribution >= 4 is 17.7 Å². The van der Waals surface area contributed by atoms with E-state index in [4.69, 9.17) is 0 Å². The van der Waals surface area contributed by atoms with E-state index in [-0.39, 0.29) is 30.8 Å². The van der Waals surface area contributed by atoms with E-state index in [0.717, 1.165) is 38.5 Å². The molecule has 1 heterocycles. The maximum atomic E-state index is 12.2. The van der Waals surface area contributed by atoms with Gasteiger partial charge in [0.05, 0.1) is 5.56 Å². The predicted octanol–water partition coefficient (Wildman–Crippen LogP) is 5.91. The van der Waals surface area contributed by atoms with Crippen molar-refractivity contribution in [3.63, 3.8) is 0 Å². The first-order valence-electron chi connectivity index (χ1n) is 14.2. The van der Waals surface area contributed by atoms with Crippen molar-refractivity contribution in [3.8, 4) is 0 Å². The molecule has 0 aromatic carbocycles. The number of rotatable bonds is 20. The summed E-state index contributed by atoms with van der Waals surface area (Å²) in [6.45, 7) is 4.33. The molecule has 7 nitrogen and oxygen atoms in total. The average molecular weight is 547 g/mol. The largest absolute Gasteiger partial charge is 0.353 e. The third-order valence-corrected chi connectivity index (χ3v) is 5.54. The van der Waals surface area contributed by atoms with E-state index in [1.165, 1.54) is 6.20 Å². The number of hydrogen-bond acceptors (Lipinski definition) is 4. The number of pyridine rings is 1. The van der Waals surface area contributed by atoms with Crippen LogP contribution in [0, 0.1) is 0 Å². The van der Waals surface area contributed by atoms with E-state index >= 15 is 0 Å². The second-order valence-electron chi connectivity index (χ2n) is 9.03. The van der Waals surface area contributed by atoms with Crippen molar-refractivity contribution in [1.29, 1.82) is 0 Å². The van der Waals surface area contributed by atoms with Gasteiger partial charge in [-0.05, 0) is 64.0 Å². The van der Waals surface area contributed by atoms with Gasteiger partial charge >= 0.3 is 0 Å². The lowest BCUT2D eigenvalue weighted by atomic mass is 10.2. The lowest BCUT2D eigenvalue weighted by Gasteiger charge is -2.14. The Bertz CT molecular complexity index is 1020. The van der Waals surface area contributed by atoms with Gasteiger partial charge in [-0.3, -0.25) is 19.4 Å². The Morgan fingerprint density at radius 2 is 1.30 bits per heavy atom. The summed E-state index contributed by atoms with van der Waals surface area (Å²) in [4.78, 5) is 40.1. The van der Waals surface area contributed by atoms with Crippen molar-refractivity contribution < 1.29 is 14.4 Å². The van der Waals surface area contributed by atoms with Crippen LogP contribution >= 0.6 is 0 Å². The van der Waals surface area contributed by atoms with Gasteiger partial charge in [-0.1, -0.05) is 79.8 Å². The fourth-order valence-electron chi connectivity index (χ4n) is 3.35. The third-order valence-electron chi connectivity index (χ3n) is 5.54. The van der Waals surface area contributed by atoms with Crippen LogP contribution in [0.2, 0.25) is 0 Å². The third kappa shape index (κ3) is 19.1. The molecule has 1 rings (SSSR count). The molecule has 0 aliphatic rings. The summed E-state index contributed by atoms with van der Waals surface area (Å²) < 4.78 is 0. The van der Waals surface area contributed by atoms with E-state index < -0.39 is 6.04 Å². The smallest absolute Gasteiger partial charge is 0.252 e. The Morgan fingerprint density at radius 3 is 1.82 bits per heavy atom. The highest BCUT2D eigenvalue weighted by Crippen LogP contribution is 1.98. The SMILES string of the molecule is CC/C=C\C/C=C\C/C=C\C/C=C\C/C=C\C/C=C\CCC(=O)N[C@@H](C)C(=O)NCCNC(=O)c1cccnc1. The van der Waals surface area contributed by atoms with Crippen LogP contribution < -0.4 is 16.0 Å². The molecule has 0 bridgehead atoms. The van der Waals surface area contributed by atoms with Gasteiger partial charge in [0.1, 0.15) is 6.04 Å². The summed E-state index contributed by atoms with van der Waals surface area (Å²) in [5, 5.41) is 8.12. The second kappa shape index (κ2) is 24.1. The summed E-state index contributed by atoms with van der Waals surface area (Å²) in [6, 6.07) is 2.70. The van der Waals surface area contributed by atoms with Crippen LogP contribution in [0.15, 0.2) is 97.4 Å². The van der Waals surface area contributed by atoms with E-state index in [9.17, 15) is 14.4 Å². The molecule has 216 valence electrons. The predicted molar refractivity (Wildman–Crippen MR) is 165 cm³/mol. The molecule has 0 radical (unpaired) electrons. The van der Waals surface area contributed by atoms with Crippen LogP contribution in [0.25, 0.3) is 0 Å². The summed E-state index contributed by atoms with van der Waals surface area (Å²) in [5.74, 6) is -0.719. The van der Waals surface area contributed by atoms with Crippen LogP contribution in [-0.4, -0.2) is 41.8 Å². The van der Waals surface area contributed by atoms with Crippen LogP contribution in [0.5, 0.6) is 0 Å². The lowest BCUT2D eigenvalue weighted by molar-refractivity contribution is -0.128. The molecular weight excluding hydrogens is 500 g/mol. The number of aromatic nitrogens is 1. The maximum absolute atomic E-state index is 12.2. The minimum absolute atomic E-state index is 0.174. The van der Waals surface area contributed by atoms with Gasteiger partial charge in [0.15, 0.2) is 0 Å². The van der Waals surface area contributed by atoms with Crippen molar-refractivity contribution in [3.05, 3.63) is 103 Å². The summed E-state index contributed by atoms with van der Waals surface area (Å²) in [7, 11) is 0. The highest BCUT2D eigenvalue weighted by Gasteiger charge is 2.14. The fraction of sp³-hybridized carbons (Fsp3) is 0.394.